The number of hydrogen-bond donors (Lipinski definition) is 3. The van der Waals surface area contributed by atoms with Crippen LogP contribution < -0.4 is 10.6 Å². The molecule has 0 spiro atoms. The fourth-order valence-corrected chi connectivity index (χ4v) is 4.93. The maximum absolute atomic E-state index is 12.9. The fourth-order valence-electron chi connectivity index (χ4n) is 4.93. The summed E-state index contributed by atoms with van der Waals surface area (Å²) in [5, 5.41) is 14.7. The predicted octanol–water partition coefficient (Wildman–Crippen LogP) is 3.30. The van der Waals surface area contributed by atoms with Crippen molar-refractivity contribution in [1.29, 1.82) is 0 Å². The quantitative estimate of drug-likeness (QED) is 0.550. The van der Waals surface area contributed by atoms with Gasteiger partial charge in [-0.1, -0.05) is 48.5 Å². The fraction of sp³-hybridized carbons (Fsp3) is 0.423. The predicted molar refractivity (Wildman–Crippen MR) is 125 cm³/mol. The van der Waals surface area contributed by atoms with E-state index in [1.165, 1.54) is 7.11 Å². The molecule has 0 unspecified atom stereocenters. The minimum absolute atomic E-state index is 0.0864. The van der Waals surface area contributed by atoms with Gasteiger partial charge in [-0.05, 0) is 48.4 Å². The van der Waals surface area contributed by atoms with E-state index in [0.29, 0.717) is 19.3 Å². The SMILES string of the molecule is CO[C@H](C)[C@H](NC(=O)OCC1c2ccccc2-c2ccccc21)C(=O)N[C@@H]1CC[C@H](C(=O)O)C1. The standard InChI is InChI=1S/C26H30N2O6/c1-15(33-2)23(24(29)27-17-12-11-16(13-17)25(30)31)28-26(32)34-14-22-20-9-5-3-7-18(20)19-8-4-6-10-21(19)22/h3-10,15-17,22-23H,11-14H2,1-2H3,(H,27,29)(H,28,32)(H,30,31)/t15-,16+,17-,23+/m1/s1. The highest BCUT2D eigenvalue weighted by atomic mass is 16.5. The van der Waals surface area contributed by atoms with E-state index in [-0.39, 0.29) is 18.6 Å². The van der Waals surface area contributed by atoms with Gasteiger partial charge in [0.05, 0.1) is 12.0 Å². The first-order valence-corrected chi connectivity index (χ1v) is 11.6. The number of ether oxygens (including phenoxy) is 2. The van der Waals surface area contributed by atoms with E-state index in [0.717, 1.165) is 22.3 Å². The largest absolute Gasteiger partial charge is 0.481 e. The number of carboxylic acid groups (broad SMARTS) is 1. The molecule has 8 nitrogen and oxygen atoms in total. The lowest BCUT2D eigenvalue weighted by atomic mass is 9.98. The van der Waals surface area contributed by atoms with Crippen molar-refractivity contribution in [2.45, 2.75) is 50.3 Å². The van der Waals surface area contributed by atoms with Crippen molar-refractivity contribution in [2.75, 3.05) is 13.7 Å². The molecule has 180 valence electrons. The summed E-state index contributed by atoms with van der Waals surface area (Å²) >= 11 is 0. The number of amides is 2. The lowest BCUT2D eigenvalue weighted by Crippen LogP contribution is -2.54. The van der Waals surface area contributed by atoms with Crippen LogP contribution in [0.1, 0.15) is 43.2 Å². The van der Waals surface area contributed by atoms with Gasteiger partial charge in [0.15, 0.2) is 0 Å². The van der Waals surface area contributed by atoms with Crippen molar-refractivity contribution < 1.29 is 29.0 Å². The third-order valence-electron chi connectivity index (χ3n) is 6.87. The average Bonchev–Trinajstić information content (AvgIpc) is 3.43. The topological polar surface area (TPSA) is 114 Å². The number of nitrogens with one attached hydrogen (secondary N) is 2. The molecule has 2 amide bonds. The lowest BCUT2D eigenvalue weighted by Gasteiger charge is -2.25. The Kier molecular flexibility index (Phi) is 7.17. The van der Waals surface area contributed by atoms with Crippen LogP contribution in [-0.2, 0) is 19.1 Å². The number of carbonyl (C=O) groups excluding carboxylic acids is 2. The van der Waals surface area contributed by atoms with E-state index in [1.807, 2.05) is 36.4 Å². The first-order chi connectivity index (χ1) is 16.4. The number of carboxylic acids is 1. The smallest absolute Gasteiger partial charge is 0.407 e. The van der Waals surface area contributed by atoms with E-state index >= 15 is 0 Å². The van der Waals surface area contributed by atoms with E-state index < -0.39 is 36.0 Å². The molecule has 0 aliphatic heterocycles. The number of alkyl carbamates (subject to hydrolysis) is 1. The second-order valence-electron chi connectivity index (χ2n) is 8.94. The Morgan fingerprint density at radius 1 is 1.03 bits per heavy atom. The molecule has 2 aromatic rings. The van der Waals surface area contributed by atoms with Crippen LogP contribution in [0.2, 0.25) is 0 Å². The van der Waals surface area contributed by atoms with Crippen LogP contribution in [-0.4, -0.2) is 55.0 Å². The molecule has 0 aromatic heterocycles. The Balaban J connectivity index is 1.38. The van der Waals surface area contributed by atoms with Gasteiger partial charge >= 0.3 is 12.1 Å². The zero-order valence-electron chi connectivity index (χ0n) is 19.3. The number of fused-ring (bicyclic) bond motifs is 3. The molecule has 1 fully saturated rings. The minimum atomic E-state index is -0.968. The van der Waals surface area contributed by atoms with Gasteiger partial charge in [-0.15, -0.1) is 0 Å². The van der Waals surface area contributed by atoms with Crippen molar-refractivity contribution in [3.05, 3.63) is 59.7 Å². The molecule has 3 N–H and O–H groups in total. The number of aliphatic carboxylic acids is 1. The molecule has 2 aliphatic rings. The monoisotopic (exact) mass is 466 g/mol. The summed E-state index contributed by atoms with van der Waals surface area (Å²) in [6.07, 6.45) is 0.171. The highest BCUT2D eigenvalue weighted by Crippen LogP contribution is 2.44. The molecule has 4 atom stereocenters. The van der Waals surface area contributed by atoms with Gasteiger partial charge in [0.25, 0.3) is 0 Å². The third kappa shape index (κ3) is 4.92. The zero-order valence-corrected chi connectivity index (χ0v) is 19.3. The van der Waals surface area contributed by atoms with Crippen LogP contribution in [0.3, 0.4) is 0 Å². The molecule has 0 radical (unpaired) electrons. The van der Waals surface area contributed by atoms with Crippen LogP contribution >= 0.6 is 0 Å². The molecule has 34 heavy (non-hydrogen) atoms. The van der Waals surface area contributed by atoms with Crippen molar-refractivity contribution in [3.8, 4) is 11.1 Å². The number of rotatable bonds is 8. The van der Waals surface area contributed by atoms with Gasteiger partial charge in [0, 0.05) is 19.1 Å². The summed E-state index contributed by atoms with van der Waals surface area (Å²) in [7, 11) is 1.46. The van der Waals surface area contributed by atoms with Gasteiger partial charge < -0.3 is 25.2 Å². The maximum Gasteiger partial charge on any atom is 0.407 e. The van der Waals surface area contributed by atoms with Crippen LogP contribution in [0.4, 0.5) is 4.79 Å². The van der Waals surface area contributed by atoms with E-state index in [9.17, 15) is 19.5 Å². The van der Waals surface area contributed by atoms with Gasteiger partial charge in [0.2, 0.25) is 5.91 Å². The third-order valence-corrected chi connectivity index (χ3v) is 6.87. The Labute approximate surface area is 198 Å². The summed E-state index contributed by atoms with van der Waals surface area (Å²) in [6, 6.07) is 14.9. The molecule has 0 saturated heterocycles. The van der Waals surface area contributed by atoms with E-state index in [1.54, 1.807) is 6.92 Å². The van der Waals surface area contributed by atoms with Gasteiger partial charge in [-0.3, -0.25) is 9.59 Å². The Morgan fingerprint density at radius 3 is 2.21 bits per heavy atom. The molecular formula is C26H30N2O6. The average molecular weight is 467 g/mol. The van der Waals surface area contributed by atoms with Crippen molar-refractivity contribution in [3.63, 3.8) is 0 Å². The number of methoxy groups -OCH3 is 1. The molecule has 0 bridgehead atoms. The molecule has 8 heteroatoms. The highest BCUT2D eigenvalue weighted by Gasteiger charge is 2.35. The summed E-state index contributed by atoms with van der Waals surface area (Å²) in [5.74, 6) is -1.82. The van der Waals surface area contributed by atoms with Gasteiger partial charge in [-0.25, -0.2) is 4.79 Å². The summed E-state index contributed by atoms with van der Waals surface area (Å²) < 4.78 is 10.9. The van der Waals surface area contributed by atoms with Crippen LogP contribution in [0.15, 0.2) is 48.5 Å². The van der Waals surface area contributed by atoms with E-state index in [4.69, 9.17) is 9.47 Å². The van der Waals surface area contributed by atoms with Crippen molar-refractivity contribution in [1.82, 2.24) is 10.6 Å². The van der Waals surface area contributed by atoms with Gasteiger partial charge in [0.1, 0.15) is 12.6 Å². The lowest BCUT2D eigenvalue weighted by molar-refractivity contribution is -0.141. The second-order valence-corrected chi connectivity index (χ2v) is 8.94. The molecule has 2 aromatic carbocycles. The van der Waals surface area contributed by atoms with Gasteiger partial charge in [-0.2, -0.15) is 0 Å². The number of benzene rings is 2. The molecule has 4 rings (SSSR count). The van der Waals surface area contributed by atoms with Crippen molar-refractivity contribution in [2.24, 2.45) is 5.92 Å². The molecule has 2 aliphatic carbocycles. The summed E-state index contributed by atoms with van der Waals surface area (Å²) in [5.41, 5.74) is 4.47. The molecule has 0 heterocycles. The van der Waals surface area contributed by atoms with Crippen LogP contribution in [0.25, 0.3) is 11.1 Å². The Morgan fingerprint density at radius 2 is 1.65 bits per heavy atom. The Hall–Kier alpha value is -3.39. The molecular weight excluding hydrogens is 436 g/mol. The molecule has 1 saturated carbocycles. The van der Waals surface area contributed by atoms with Crippen LogP contribution in [0.5, 0.6) is 0 Å². The first kappa shape index (κ1) is 23.8. The van der Waals surface area contributed by atoms with Crippen molar-refractivity contribution >= 4 is 18.0 Å². The Bertz CT molecular complexity index is 1030. The summed E-state index contributed by atoms with van der Waals surface area (Å²) in [4.78, 5) is 36.8. The minimum Gasteiger partial charge on any atom is -0.481 e. The zero-order chi connectivity index (χ0) is 24.2. The number of hydrogen-bond acceptors (Lipinski definition) is 5. The normalized spacial score (nSPS) is 20.6. The highest BCUT2D eigenvalue weighted by molar-refractivity contribution is 5.86. The second kappa shape index (κ2) is 10.3. The van der Waals surface area contributed by atoms with E-state index in [2.05, 4.69) is 22.8 Å². The van der Waals surface area contributed by atoms with Crippen LogP contribution in [0, 0.1) is 5.92 Å². The first-order valence-electron chi connectivity index (χ1n) is 11.6. The summed E-state index contributed by atoms with van der Waals surface area (Å²) in [6.45, 7) is 1.82. The number of carbonyl (C=O) groups is 3. The maximum atomic E-state index is 12.9.